The molecule has 2 aliphatic rings. The summed E-state index contributed by atoms with van der Waals surface area (Å²) < 4.78 is 18.1. The maximum atomic E-state index is 13.2. The fourth-order valence-corrected chi connectivity index (χ4v) is 6.13. The number of hydrogen-bond donors (Lipinski definition) is 4. The van der Waals surface area contributed by atoms with Crippen molar-refractivity contribution in [1.29, 1.82) is 0 Å². The van der Waals surface area contributed by atoms with Crippen molar-refractivity contribution in [3.05, 3.63) is 34.2 Å². The Hall–Kier alpha value is -2.35. The average molecular weight is 641 g/mol. The van der Waals surface area contributed by atoms with Gasteiger partial charge in [-0.1, -0.05) is 51.0 Å². The molecule has 12 atom stereocenters. The van der Waals surface area contributed by atoms with E-state index < -0.39 is 78.6 Å². The van der Waals surface area contributed by atoms with E-state index in [1.54, 1.807) is 58.8 Å². The van der Waals surface area contributed by atoms with Crippen molar-refractivity contribution in [3.63, 3.8) is 0 Å². The number of azide groups is 1. The van der Waals surface area contributed by atoms with E-state index in [2.05, 4.69) is 10.0 Å². The second kappa shape index (κ2) is 19.3. The van der Waals surface area contributed by atoms with Crippen molar-refractivity contribution >= 4 is 11.8 Å². The highest BCUT2D eigenvalue weighted by Gasteiger charge is 2.47. The minimum atomic E-state index is -1.26. The fraction of sp³-hybridized carbons (Fsp3) is 0.812. The van der Waals surface area contributed by atoms with Gasteiger partial charge in [0.2, 0.25) is 0 Å². The minimum Gasteiger partial charge on any atom is -0.462 e. The Balaban J connectivity index is 0.0000101. The monoisotopic (exact) mass is 640 g/mol. The third-order valence-corrected chi connectivity index (χ3v) is 8.83. The maximum Gasteiger partial charge on any atom is 0.308 e. The molecule has 0 aliphatic carbocycles. The molecule has 0 aromatic rings. The van der Waals surface area contributed by atoms with Crippen LogP contribution < -0.4 is 0 Å². The summed E-state index contributed by atoms with van der Waals surface area (Å²) in [6.45, 7) is 8.60. The number of rotatable bonds is 8. The molecule has 2 aliphatic heterocycles. The molecule has 0 spiro atoms. The van der Waals surface area contributed by atoms with Gasteiger partial charge < -0.3 is 39.5 Å². The third-order valence-electron chi connectivity index (χ3n) is 8.83. The molecule has 2 rings (SSSR count). The van der Waals surface area contributed by atoms with Crippen molar-refractivity contribution in [2.45, 2.75) is 117 Å². The van der Waals surface area contributed by atoms with E-state index in [0.29, 0.717) is 12.8 Å². The quantitative estimate of drug-likeness (QED) is 0.132. The van der Waals surface area contributed by atoms with E-state index in [1.807, 2.05) is 6.92 Å². The molecule has 0 aromatic heterocycles. The van der Waals surface area contributed by atoms with Crippen LogP contribution in [0.2, 0.25) is 0 Å². The first-order valence-corrected chi connectivity index (χ1v) is 15.5. The molecule has 258 valence electrons. The molecule has 0 amide bonds. The number of hydrogen-bond acceptors (Lipinski definition) is 11. The lowest BCUT2D eigenvalue weighted by atomic mass is 9.79. The Bertz CT molecular complexity index is 1050. The van der Waals surface area contributed by atoms with Crippen LogP contribution in [0.3, 0.4) is 0 Å². The Kier molecular flexibility index (Phi) is 17.5. The summed E-state index contributed by atoms with van der Waals surface area (Å²) in [5.41, 5.74) is 9.66. The molecule has 2 unspecified atom stereocenters. The van der Waals surface area contributed by atoms with Gasteiger partial charge in [-0.15, -0.1) is 0 Å². The summed E-state index contributed by atoms with van der Waals surface area (Å²) in [6, 6.07) is -0.709. The van der Waals surface area contributed by atoms with Crippen molar-refractivity contribution < 1.29 is 44.2 Å². The van der Waals surface area contributed by atoms with E-state index in [9.17, 15) is 30.0 Å². The van der Waals surface area contributed by atoms with Gasteiger partial charge in [-0.25, -0.2) is 0 Å². The van der Waals surface area contributed by atoms with Gasteiger partial charge in [-0.2, -0.15) is 0 Å². The van der Waals surface area contributed by atoms with Gasteiger partial charge in [0, 0.05) is 29.2 Å². The molecular formula is C32H56N4O9. The number of carbonyl (C=O) groups excluding carboxylic acids is 2. The normalized spacial score (nSPS) is 39.2. The summed E-state index contributed by atoms with van der Waals surface area (Å²) in [4.78, 5) is 30.8. The molecular weight excluding hydrogens is 584 g/mol. The second-order valence-corrected chi connectivity index (χ2v) is 12.4. The van der Waals surface area contributed by atoms with Crippen LogP contribution >= 0.6 is 0 Å². The van der Waals surface area contributed by atoms with E-state index in [1.165, 1.54) is 6.08 Å². The number of likely N-dealkylation sites (N-methyl/N-ethyl adjacent to an activating group) is 1. The van der Waals surface area contributed by atoms with Gasteiger partial charge in [0.1, 0.15) is 12.2 Å². The van der Waals surface area contributed by atoms with Crippen LogP contribution in [0.25, 0.3) is 10.4 Å². The summed E-state index contributed by atoms with van der Waals surface area (Å²) in [6.07, 6.45) is -1.35. The zero-order chi connectivity index (χ0) is 33.1. The van der Waals surface area contributed by atoms with Crippen LogP contribution in [0.1, 0.15) is 67.7 Å². The molecule has 0 aromatic carbocycles. The lowest BCUT2D eigenvalue weighted by Gasteiger charge is -2.46. The number of allylic oxidation sites excluding steroid dienone is 3. The fourth-order valence-electron chi connectivity index (χ4n) is 6.13. The third kappa shape index (κ3) is 11.4. The van der Waals surface area contributed by atoms with Gasteiger partial charge in [0.25, 0.3) is 0 Å². The smallest absolute Gasteiger partial charge is 0.308 e. The summed E-state index contributed by atoms with van der Waals surface area (Å²) in [7, 11) is 3.45. The van der Waals surface area contributed by atoms with Crippen LogP contribution in [0.4, 0.5) is 0 Å². The summed E-state index contributed by atoms with van der Waals surface area (Å²) >= 11 is 0. The minimum absolute atomic E-state index is 0. The molecule has 13 heteroatoms. The van der Waals surface area contributed by atoms with Crippen LogP contribution in [0.5, 0.6) is 0 Å². The molecule has 0 radical (unpaired) electrons. The van der Waals surface area contributed by atoms with Gasteiger partial charge in [-0.3, -0.25) is 9.59 Å². The van der Waals surface area contributed by atoms with Crippen LogP contribution in [-0.4, -0.2) is 113 Å². The zero-order valence-electron chi connectivity index (χ0n) is 27.0. The van der Waals surface area contributed by atoms with Gasteiger partial charge in [-0.05, 0) is 64.7 Å². The largest absolute Gasteiger partial charge is 0.462 e. The molecule has 13 nitrogen and oxygen atoms in total. The lowest BCUT2D eigenvalue weighted by Crippen LogP contribution is -2.63. The number of carbonyl (C=O) groups is 2. The van der Waals surface area contributed by atoms with E-state index in [-0.39, 0.29) is 39.2 Å². The number of aliphatic hydroxyl groups excluding tert-OH is 4. The highest BCUT2D eigenvalue weighted by Crippen LogP contribution is 2.34. The van der Waals surface area contributed by atoms with Gasteiger partial charge in [0.05, 0.1) is 43.5 Å². The predicted molar refractivity (Wildman–Crippen MR) is 170 cm³/mol. The standard InChI is InChI=1S/C31H52N4O9.CH4/c1-8-25-22(16-36)13-17(2)9-10-23(37)18(3)14-21(11-12-33-34-32)30(19(4)24(38)15-26(39)43-25)44-31-29(41)27(35(6)7)28(40)20(5)42-31;/h9-10,13,18-22,24-25,27-31,36,38,40-41H,8,11-12,14-16H2,1-7H3;1H4/b10-9+,17-13+;/t18-,19+,20-,21+,22-,24-,25-,27?,28-,29?,30-,31+;/m1./s1. The summed E-state index contributed by atoms with van der Waals surface area (Å²) in [5.74, 6) is -2.98. The molecule has 2 heterocycles. The van der Waals surface area contributed by atoms with E-state index in [0.717, 1.165) is 5.57 Å². The Morgan fingerprint density at radius 1 is 1.13 bits per heavy atom. The van der Waals surface area contributed by atoms with Crippen molar-refractivity contribution in [2.75, 3.05) is 27.2 Å². The first-order chi connectivity index (χ1) is 20.7. The number of aliphatic hydroxyl groups is 4. The van der Waals surface area contributed by atoms with Crippen LogP contribution in [0.15, 0.2) is 28.9 Å². The topological polar surface area (TPSA) is 195 Å². The van der Waals surface area contributed by atoms with Crippen molar-refractivity contribution in [1.82, 2.24) is 4.90 Å². The van der Waals surface area contributed by atoms with Crippen LogP contribution in [0, 0.1) is 23.7 Å². The lowest BCUT2D eigenvalue weighted by molar-refractivity contribution is -0.304. The molecule has 1 saturated heterocycles. The SMILES string of the molecule is C.CC[C@H]1OC(=O)C[C@@H](O)[C@H](C)[C@@H](O[C@@H]2O[C@H](C)[C@@H](O)C(N(C)C)C2O)[C@@H](CCN=[N+]=[N-])C[C@@H](C)C(=O)/C=C/C(C)=C/[C@@H]1CO. The van der Waals surface area contributed by atoms with E-state index >= 15 is 0 Å². The van der Waals surface area contributed by atoms with Crippen molar-refractivity contribution in [2.24, 2.45) is 28.8 Å². The molecule has 0 saturated carbocycles. The highest BCUT2D eigenvalue weighted by atomic mass is 16.7. The highest BCUT2D eigenvalue weighted by molar-refractivity contribution is 5.91. The number of esters is 1. The number of ether oxygens (including phenoxy) is 3. The van der Waals surface area contributed by atoms with Crippen molar-refractivity contribution in [3.8, 4) is 0 Å². The molecule has 4 N–H and O–H groups in total. The Labute approximate surface area is 267 Å². The zero-order valence-corrected chi connectivity index (χ0v) is 27.0. The predicted octanol–water partition coefficient (Wildman–Crippen LogP) is 3.15. The molecule has 1 fully saturated rings. The second-order valence-electron chi connectivity index (χ2n) is 12.4. The molecule has 45 heavy (non-hydrogen) atoms. The first-order valence-electron chi connectivity index (χ1n) is 15.5. The van der Waals surface area contributed by atoms with Gasteiger partial charge >= 0.3 is 5.97 Å². The van der Waals surface area contributed by atoms with E-state index in [4.69, 9.17) is 19.7 Å². The number of cyclic esters (lactones) is 1. The first kappa shape index (κ1) is 40.7. The maximum absolute atomic E-state index is 13.2. The Morgan fingerprint density at radius 2 is 1.80 bits per heavy atom. The number of nitrogens with zero attached hydrogens (tertiary/aromatic N) is 4. The van der Waals surface area contributed by atoms with Gasteiger partial charge in [0.15, 0.2) is 12.1 Å². The average Bonchev–Trinajstić information content (AvgIpc) is 2.97. The van der Waals surface area contributed by atoms with Crippen LogP contribution in [-0.2, 0) is 23.8 Å². The number of ketones is 1. The Morgan fingerprint density at radius 3 is 2.38 bits per heavy atom. The summed E-state index contributed by atoms with van der Waals surface area (Å²) in [5, 5.41) is 47.0. The molecule has 0 bridgehead atoms.